The van der Waals surface area contributed by atoms with E-state index < -0.39 is 0 Å². The van der Waals surface area contributed by atoms with Crippen LogP contribution in [-0.4, -0.2) is 23.3 Å². The van der Waals surface area contributed by atoms with Crippen LogP contribution < -0.4 is 15.0 Å². The number of fused-ring (bicyclic) bond motifs is 1. The Morgan fingerprint density at radius 1 is 0.882 bits per heavy atom. The molecule has 5 nitrogen and oxygen atoms in total. The van der Waals surface area contributed by atoms with Crippen molar-refractivity contribution in [2.24, 2.45) is 0 Å². The molecule has 176 valence electrons. The quantitative estimate of drug-likeness (QED) is 0.280. The molecule has 0 unspecified atom stereocenters. The number of ether oxygens (including phenoxy) is 2. The van der Waals surface area contributed by atoms with Crippen LogP contribution in [0.3, 0.4) is 0 Å². The van der Waals surface area contributed by atoms with Gasteiger partial charge in [-0.1, -0.05) is 29.8 Å². The van der Waals surface area contributed by atoms with E-state index in [1.54, 1.807) is 11.7 Å². The number of hydrogen-bond acceptors (Lipinski definition) is 4. The molecule has 0 spiro atoms. The van der Waals surface area contributed by atoms with E-state index in [2.05, 4.69) is 32.9 Å². The van der Waals surface area contributed by atoms with E-state index in [1.807, 2.05) is 48.5 Å². The van der Waals surface area contributed by atoms with Crippen molar-refractivity contribution in [1.29, 1.82) is 0 Å². The van der Waals surface area contributed by atoms with E-state index in [0.717, 1.165) is 36.3 Å². The molecule has 0 saturated heterocycles. The third kappa shape index (κ3) is 5.14. The number of aryl methyl sites for hydroxylation is 3. The third-order valence-corrected chi connectivity index (χ3v) is 6.09. The number of unbranched alkanes of at least 4 members (excludes halogenated alkanes) is 2. The number of benzene rings is 3. The zero-order valence-corrected chi connectivity index (χ0v) is 20.4. The molecule has 3 aromatic carbocycles. The molecule has 0 bridgehead atoms. The molecule has 0 amide bonds. The number of methoxy groups -OCH3 is 1. The van der Waals surface area contributed by atoms with Crippen LogP contribution >= 0.6 is 0 Å². The highest BCUT2D eigenvalue weighted by Crippen LogP contribution is 2.25. The molecular formula is C29H32N2O3. The van der Waals surface area contributed by atoms with Gasteiger partial charge < -0.3 is 9.47 Å². The second kappa shape index (κ2) is 10.6. The Morgan fingerprint density at radius 2 is 1.59 bits per heavy atom. The van der Waals surface area contributed by atoms with Gasteiger partial charge >= 0.3 is 0 Å². The van der Waals surface area contributed by atoms with Gasteiger partial charge in [0.2, 0.25) is 0 Å². The highest BCUT2D eigenvalue weighted by Gasteiger charge is 2.13. The second-order valence-electron chi connectivity index (χ2n) is 8.77. The van der Waals surface area contributed by atoms with Crippen molar-refractivity contribution in [3.63, 3.8) is 0 Å². The molecule has 1 heterocycles. The van der Waals surface area contributed by atoms with Gasteiger partial charge in [-0.05, 0) is 87.6 Å². The monoisotopic (exact) mass is 456 g/mol. The summed E-state index contributed by atoms with van der Waals surface area (Å²) >= 11 is 0. The van der Waals surface area contributed by atoms with E-state index in [1.165, 1.54) is 16.7 Å². The van der Waals surface area contributed by atoms with Gasteiger partial charge in [-0.2, -0.15) is 0 Å². The van der Waals surface area contributed by atoms with Crippen molar-refractivity contribution in [3.05, 3.63) is 87.7 Å². The maximum absolute atomic E-state index is 13.3. The molecule has 0 aliphatic rings. The number of aromatic nitrogens is 2. The molecule has 0 aliphatic carbocycles. The minimum Gasteiger partial charge on any atom is -0.497 e. The summed E-state index contributed by atoms with van der Waals surface area (Å²) in [4.78, 5) is 18.2. The van der Waals surface area contributed by atoms with E-state index in [9.17, 15) is 4.79 Å². The smallest absolute Gasteiger partial charge is 0.261 e. The summed E-state index contributed by atoms with van der Waals surface area (Å²) in [6.07, 6.45) is 2.77. The summed E-state index contributed by atoms with van der Waals surface area (Å²) in [5.41, 5.74) is 5.22. The highest BCUT2D eigenvalue weighted by molar-refractivity contribution is 5.79. The Bertz CT molecular complexity index is 1320. The predicted octanol–water partition coefficient (Wildman–Crippen LogP) is 6.25. The lowest BCUT2D eigenvalue weighted by molar-refractivity contribution is 0.300. The van der Waals surface area contributed by atoms with Crippen LogP contribution in [0.1, 0.15) is 36.0 Å². The minimum atomic E-state index is -0.00132. The Hall–Kier alpha value is -3.60. The van der Waals surface area contributed by atoms with Gasteiger partial charge in [0.05, 0.1) is 24.6 Å². The normalized spacial score (nSPS) is 11.1. The first-order valence-corrected chi connectivity index (χ1v) is 11.8. The van der Waals surface area contributed by atoms with Crippen LogP contribution in [0.25, 0.3) is 22.3 Å². The number of nitrogens with zero attached hydrogens (tertiary/aromatic N) is 2. The van der Waals surface area contributed by atoms with E-state index >= 15 is 0 Å². The van der Waals surface area contributed by atoms with Gasteiger partial charge in [0.15, 0.2) is 0 Å². The maximum atomic E-state index is 13.3. The SMILES string of the molecule is COc1ccc(-c2nc3ccccc3c(=O)n2CCCCCOc2c(C)cc(C)cc2C)cc1. The molecule has 0 radical (unpaired) electrons. The van der Waals surface area contributed by atoms with Crippen molar-refractivity contribution in [2.75, 3.05) is 13.7 Å². The van der Waals surface area contributed by atoms with Crippen LogP contribution in [0, 0.1) is 20.8 Å². The molecule has 4 rings (SSSR count). The van der Waals surface area contributed by atoms with Gasteiger partial charge in [0.25, 0.3) is 5.56 Å². The van der Waals surface area contributed by atoms with Crippen molar-refractivity contribution >= 4 is 10.9 Å². The summed E-state index contributed by atoms with van der Waals surface area (Å²) in [5.74, 6) is 2.45. The Kier molecular flexibility index (Phi) is 7.31. The zero-order valence-electron chi connectivity index (χ0n) is 20.4. The lowest BCUT2D eigenvalue weighted by atomic mass is 10.1. The first-order chi connectivity index (χ1) is 16.5. The second-order valence-corrected chi connectivity index (χ2v) is 8.77. The van der Waals surface area contributed by atoms with Crippen molar-refractivity contribution in [1.82, 2.24) is 9.55 Å². The van der Waals surface area contributed by atoms with Crippen molar-refractivity contribution < 1.29 is 9.47 Å². The topological polar surface area (TPSA) is 53.3 Å². The van der Waals surface area contributed by atoms with Crippen LogP contribution in [0.2, 0.25) is 0 Å². The van der Waals surface area contributed by atoms with Crippen molar-refractivity contribution in [3.8, 4) is 22.9 Å². The Balaban J connectivity index is 1.47. The fourth-order valence-electron chi connectivity index (χ4n) is 4.45. The van der Waals surface area contributed by atoms with Crippen molar-refractivity contribution in [2.45, 2.75) is 46.6 Å². The van der Waals surface area contributed by atoms with Crippen LogP contribution in [0.4, 0.5) is 0 Å². The van der Waals surface area contributed by atoms with E-state index in [0.29, 0.717) is 29.9 Å². The summed E-state index contributed by atoms with van der Waals surface area (Å²) < 4.78 is 13.2. The van der Waals surface area contributed by atoms with E-state index in [-0.39, 0.29) is 5.56 Å². The van der Waals surface area contributed by atoms with Gasteiger partial charge in [-0.3, -0.25) is 9.36 Å². The van der Waals surface area contributed by atoms with Gasteiger partial charge in [0, 0.05) is 12.1 Å². The molecule has 34 heavy (non-hydrogen) atoms. The molecule has 0 atom stereocenters. The summed E-state index contributed by atoms with van der Waals surface area (Å²) in [7, 11) is 1.64. The fraction of sp³-hybridized carbons (Fsp3) is 0.310. The lowest BCUT2D eigenvalue weighted by Gasteiger charge is -2.15. The highest BCUT2D eigenvalue weighted by atomic mass is 16.5. The number of rotatable bonds is 9. The summed E-state index contributed by atoms with van der Waals surface area (Å²) in [5, 5.41) is 0.647. The molecule has 0 fully saturated rings. The average molecular weight is 457 g/mol. The van der Waals surface area contributed by atoms with Crippen LogP contribution in [0.15, 0.2) is 65.5 Å². The molecule has 5 heteroatoms. The van der Waals surface area contributed by atoms with E-state index in [4.69, 9.17) is 14.5 Å². The number of para-hydroxylation sites is 1. The van der Waals surface area contributed by atoms with Gasteiger partial charge in [-0.25, -0.2) is 4.98 Å². The lowest BCUT2D eigenvalue weighted by Crippen LogP contribution is -2.23. The van der Waals surface area contributed by atoms with Crippen LogP contribution in [0.5, 0.6) is 11.5 Å². The summed E-state index contributed by atoms with van der Waals surface area (Å²) in [6.45, 7) is 7.57. The fourth-order valence-corrected chi connectivity index (χ4v) is 4.45. The van der Waals surface area contributed by atoms with Gasteiger partial charge in [0.1, 0.15) is 17.3 Å². The Labute approximate surface area is 201 Å². The van der Waals surface area contributed by atoms with Gasteiger partial charge in [-0.15, -0.1) is 0 Å². The molecule has 0 aliphatic heterocycles. The maximum Gasteiger partial charge on any atom is 0.261 e. The molecule has 1 aromatic heterocycles. The minimum absolute atomic E-state index is 0.00132. The zero-order chi connectivity index (χ0) is 24.1. The predicted molar refractivity (Wildman–Crippen MR) is 138 cm³/mol. The summed E-state index contributed by atoms with van der Waals surface area (Å²) in [6, 6.07) is 19.5. The molecule has 0 N–H and O–H groups in total. The average Bonchev–Trinajstić information content (AvgIpc) is 2.83. The first-order valence-electron chi connectivity index (χ1n) is 11.8. The Morgan fingerprint density at radius 3 is 2.29 bits per heavy atom. The molecule has 4 aromatic rings. The third-order valence-electron chi connectivity index (χ3n) is 6.09. The largest absolute Gasteiger partial charge is 0.497 e. The standard InChI is InChI=1S/C29H32N2O3/c1-20-18-21(2)27(22(3)19-20)34-17-9-5-8-16-31-28(23-12-14-24(33-4)15-13-23)30-26-11-7-6-10-25(26)29(31)32/h6-7,10-15,18-19H,5,8-9,16-17H2,1-4H3. The van der Waals surface area contributed by atoms with Crippen LogP contribution in [-0.2, 0) is 6.54 Å². The molecule has 0 saturated carbocycles. The number of hydrogen-bond donors (Lipinski definition) is 0. The first kappa shape index (κ1) is 23.6. The molecular weight excluding hydrogens is 424 g/mol.